The van der Waals surface area contributed by atoms with Crippen LogP contribution >= 0.6 is 0 Å². The Morgan fingerprint density at radius 2 is 1.76 bits per heavy atom. The molecule has 0 aliphatic rings. The van der Waals surface area contributed by atoms with Crippen LogP contribution in [0.2, 0.25) is 0 Å². The number of ether oxygens (including phenoxy) is 2. The second kappa shape index (κ2) is 6.58. The minimum atomic E-state index is -0.0883. The average molecular weight is 234 g/mol. The van der Waals surface area contributed by atoms with E-state index in [4.69, 9.17) is 9.47 Å². The first-order valence-electron chi connectivity index (χ1n) is 5.94. The van der Waals surface area contributed by atoms with Gasteiger partial charge >= 0.3 is 0 Å². The van der Waals surface area contributed by atoms with Gasteiger partial charge in [0.1, 0.15) is 0 Å². The topological polar surface area (TPSA) is 18.5 Å². The van der Waals surface area contributed by atoms with Crippen molar-refractivity contribution >= 4 is 6.08 Å². The van der Waals surface area contributed by atoms with E-state index in [2.05, 4.69) is 18.7 Å². The number of rotatable bonds is 6. The van der Waals surface area contributed by atoms with E-state index in [1.807, 2.05) is 39.0 Å². The van der Waals surface area contributed by atoms with Gasteiger partial charge in [-0.05, 0) is 31.9 Å². The Balaban J connectivity index is 2.20. The Kier molecular flexibility index (Phi) is 5.39. The van der Waals surface area contributed by atoms with Gasteiger partial charge in [-0.3, -0.25) is 0 Å². The van der Waals surface area contributed by atoms with E-state index in [1.54, 1.807) is 0 Å². The summed E-state index contributed by atoms with van der Waals surface area (Å²) in [6.07, 6.45) is 1.84. The Morgan fingerprint density at radius 3 is 2.29 bits per heavy atom. The summed E-state index contributed by atoms with van der Waals surface area (Å²) in [6, 6.07) is 8.19. The lowest BCUT2D eigenvalue weighted by atomic mass is 10.1. The number of hydrogen-bond donors (Lipinski definition) is 0. The maximum absolute atomic E-state index is 5.57. The summed E-state index contributed by atoms with van der Waals surface area (Å²) in [5, 5.41) is 0. The van der Waals surface area contributed by atoms with Crippen LogP contribution in [0.25, 0.3) is 6.08 Å². The lowest BCUT2D eigenvalue weighted by Crippen LogP contribution is -2.21. The molecule has 1 rings (SSSR count). The van der Waals surface area contributed by atoms with E-state index in [1.165, 1.54) is 5.56 Å². The molecule has 0 atom stereocenters. The van der Waals surface area contributed by atoms with Crippen LogP contribution in [0, 0.1) is 0 Å². The van der Waals surface area contributed by atoms with Crippen LogP contribution in [0.5, 0.6) is 0 Å². The van der Waals surface area contributed by atoms with Crippen molar-refractivity contribution in [3.63, 3.8) is 0 Å². The largest absolute Gasteiger partial charge is 0.374 e. The zero-order valence-corrected chi connectivity index (χ0v) is 11.0. The normalized spacial score (nSPS) is 11.5. The predicted octanol–water partition coefficient (Wildman–Crippen LogP) is 3.66. The van der Waals surface area contributed by atoms with Gasteiger partial charge in [0.05, 0.1) is 25.4 Å². The molecule has 0 aliphatic heterocycles. The third-order valence-corrected chi connectivity index (χ3v) is 2.25. The summed E-state index contributed by atoms with van der Waals surface area (Å²) in [5.74, 6) is 0. The van der Waals surface area contributed by atoms with Crippen molar-refractivity contribution in [2.75, 3.05) is 13.2 Å². The predicted molar refractivity (Wildman–Crippen MR) is 71.9 cm³/mol. The molecule has 2 heteroatoms. The smallest absolute Gasteiger partial charge is 0.0718 e. The highest BCUT2D eigenvalue weighted by Gasteiger charge is 2.08. The van der Waals surface area contributed by atoms with E-state index in [0.717, 1.165) is 5.56 Å². The monoisotopic (exact) mass is 234 g/mol. The fraction of sp³-hybridized carbons (Fsp3) is 0.467. The van der Waals surface area contributed by atoms with Crippen LogP contribution in [0.1, 0.15) is 31.9 Å². The maximum Gasteiger partial charge on any atom is 0.0718 e. The van der Waals surface area contributed by atoms with Gasteiger partial charge in [0, 0.05) is 0 Å². The zero-order valence-electron chi connectivity index (χ0n) is 11.0. The molecule has 0 radical (unpaired) electrons. The van der Waals surface area contributed by atoms with Crippen molar-refractivity contribution in [3.8, 4) is 0 Å². The van der Waals surface area contributed by atoms with Crippen LogP contribution in [-0.4, -0.2) is 18.8 Å². The zero-order chi connectivity index (χ0) is 12.7. The summed E-state index contributed by atoms with van der Waals surface area (Å²) in [6.45, 7) is 11.7. The molecule has 17 heavy (non-hydrogen) atoms. The highest BCUT2D eigenvalue weighted by atomic mass is 16.5. The molecule has 0 bridgehead atoms. The first kappa shape index (κ1) is 13.9. The molecule has 0 heterocycles. The van der Waals surface area contributed by atoms with Gasteiger partial charge in [-0.2, -0.15) is 0 Å². The van der Waals surface area contributed by atoms with E-state index >= 15 is 0 Å². The Morgan fingerprint density at radius 1 is 1.12 bits per heavy atom. The van der Waals surface area contributed by atoms with Gasteiger partial charge in [0.25, 0.3) is 0 Å². The standard InChI is InChI=1S/C15H22O2/c1-5-13-6-8-14(9-7-13)12-16-10-11-17-15(2,3)4/h5-9H,1,10-12H2,2-4H3. The molecule has 2 nitrogen and oxygen atoms in total. The van der Waals surface area contributed by atoms with Crippen LogP contribution in [-0.2, 0) is 16.1 Å². The van der Waals surface area contributed by atoms with E-state index in [9.17, 15) is 0 Å². The Labute approximate surface area is 104 Å². The van der Waals surface area contributed by atoms with Crippen LogP contribution in [0.4, 0.5) is 0 Å². The molecule has 0 fully saturated rings. The molecule has 1 aromatic carbocycles. The fourth-order valence-electron chi connectivity index (χ4n) is 1.35. The minimum Gasteiger partial charge on any atom is -0.374 e. The summed E-state index contributed by atoms with van der Waals surface area (Å²) in [4.78, 5) is 0. The molecule has 0 aliphatic carbocycles. The second-order valence-corrected chi connectivity index (χ2v) is 4.96. The summed E-state index contributed by atoms with van der Waals surface area (Å²) >= 11 is 0. The Hall–Kier alpha value is -1.12. The third kappa shape index (κ3) is 6.25. The molecule has 0 amide bonds. The summed E-state index contributed by atoms with van der Waals surface area (Å²) in [5.41, 5.74) is 2.21. The van der Waals surface area contributed by atoms with E-state index < -0.39 is 0 Å². The molecule has 94 valence electrons. The second-order valence-electron chi connectivity index (χ2n) is 4.96. The van der Waals surface area contributed by atoms with Gasteiger partial charge in [0.2, 0.25) is 0 Å². The first-order valence-corrected chi connectivity index (χ1v) is 5.94. The van der Waals surface area contributed by atoms with Crippen molar-refractivity contribution < 1.29 is 9.47 Å². The number of benzene rings is 1. The average Bonchev–Trinajstić information content (AvgIpc) is 2.28. The first-order chi connectivity index (χ1) is 8.01. The summed E-state index contributed by atoms with van der Waals surface area (Å²) in [7, 11) is 0. The fourth-order valence-corrected chi connectivity index (χ4v) is 1.35. The van der Waals surface area contributed by atoms with Crippen molar-refractivity contribution in [3.05, 3.63) is 42.0 Å². The minimum absolute atomic E-state index is 0.0883. The lowest BCUT2D eigenvalue weighted by Gasteiger charge is -2.19. The quantitative estimate of drug-likeness (QED) is 0.699. The molecule has 0 saturated heterocycles. The van der Waals surface area contributed by atoms with E-state index in [0.29, 0.717) is 19.8 Å². The molecular weight excluding hydrogens is 212 g/mol. The lowest BCUT2D eigenvalue weighted by molar-refractivity contribution is -0.0376. The molecule has 0 aromatic heterocycles. The molecule has 1 aromatic rings. The van der Waals surface area contributed by atoms with Crippen molar-refractivity contribution in [1.82, 2.24) is 0 Å². The third-order valence-electron chi connectivity index (χ3n) is 2.25. The van der Waals surface area contributed by atoms with Gasteiger partial charge < -0.3 is 9.47 Å². The van der Waals surface area contributed by atoms with Gasteiger partial charge in [-0.15, -0.1) is 0 Å². The van der Waals surface area contributed by atoms with Crippen LogP contribution < -0.4 is 0 Å². The highest BCUT2D eigenvalue weighted by molar-refractivity contribution is 5.47. The van der Waals surface area contributed by atoms with E-state index in [-0.39, 0.29) is 5.60 Å². The Bertz CT molecular complexity index is 333. The van der Waals surface area contributed by atoms with Gasteiger partial charge in [0.15, 0.2) is 0 Å². The SMILES string of the molecule is C=Cc1ccc(COCCOC(C)(C)C)cc1. The van der Waals surface area contributed by atoms with Gasteiger partial charge in [-0.1, -0.05) is 36.9 Å². The van der Waals surface area contributed by atoms with Crippen LogP contribution in [0.3, 0.4) is 0 Å². The van der Waals surface area contributed by atoms with Crippen molar-refractivity contribution in [1.29, 1.82) is 0 Å². The molecule has 0 unspecified atom stereocenters. The molecule has 0 N–H and O–H groups in total. The summed E-state index contributed by atoms with van der Waals surface area (Å²) < 4.78 is 11.1. The van der Waals surface area contributed by atoms with Crippen molar-refractivity contribution in [2.45, 2.75) is 33.0 Å². The molecular formula is C15H22O2. The van der Waals surface area contributed by atoms with Crippen LogP contribution in [0.15, 0.2) is 30.8 Å². The molecule has 0 saturated carbocycles. The molecule has 0 spiro atoms. The number of hydrogen-bond acceptors (Lipinski definition) is 2. The maximum atomic E-state index is 5.57. The van der Waals surface area contributed by atoms with Crippen molar-refractivity contribution in [2.24, 2.45) is 0 Å². The van der Waals surface area contributed by atoms with Gasteiger partial charge in [-0.25, -0.2) is 0 Å². The highest BCUT2D eigenvalue weighted by Crippen LogP contribution is 2.08.